The van der Waals surface area contributed by atoms with Gasteiger partial charge in [-0.15, -0.1) is 0 Å². The van der Waals surface area contributed by atoms with Gasteiger partial charge in [0.2, 0.25) is 0 Å². The smallest absolute Gasteiger partial charge is 0.165 e. The first-order chi connectivity index (χ1) is 6.22. The minimum atomic E-state index is 0.0948. The highest BCUT2D eigenvalue weighted by Gasteiger charge is 2.08. The second-order valence-corrected chi connectivity index (χ2v) is 2.88. The van der Waals surface area contributed by atoms with E-state index >= 15 is 0 Å². The van der Waals surface area contributed by atoms with Crippen LogP contribution < -0.4 is 0 Å². The molecule has 0 heterocycles. The van der Waals surface area contributed by atoms with Gasteiger partial charge >= 0.3 is 0 Å². The first-order valence-electron chi connectivity index (χ1n) is 3.97. The topological polar surface area (TPSA) is 51.2 Å². The van der Waals surface area contributed by atoms with Crippen molar-refractivity contribution in [1.82, 2.24) is 0 Å². The lowest BCUT2D eigenvalue weighted by atomic mass is 10.0. The molecule has 0 aliphatic heterocycles. The van der Waals surface area contributed by atoms with Crippen LogP contribution in [0, 0.1) is 15.8 Å². The predicted octanol–water partition coefficient (Wildman–Crippen LogP) is 2.59. The van der Waals surface area contributed by atoms with Crippen LogP contribution in [0.3, 0.4) is 0 Å². The maximum atomic E-state index is 11.3. The number of hydrogen-bond acceptors (Lipinski definition) is 3. The summed E-state index contributed by atoms with van der Waals surface area (Å²) in [7, 11) is 0. The fraction of sp³-hybridized carbons (Fsp3) is 0.300. The predicted molar refractivity (Wildman–Crippen MR) is 52.3 cm³/mol. The summed E-state index contributed by atoms with van der Waals surface area (Å²) in [5.41, 5.74) is 0.808. The lowest BCUT2D eigenvalue weighted by molar-refractivity contribution is 0.0939. The van der Waals surface area contributed by atoms with Crippen molar-refractivity contribution < 1.29 is 4.79 Å². The Labute approximate surface area is 77.0 Å². The number of Topliss-reactive ketones (excluding diaryl/α,β-unsaturated/α-hetero) is 1. The van der Waals surface area contributed by atoms with Gasteiger partial charge in [0, 0.05) is 21.4 Å². The third-order valence-electron chi connectivity index (χ3n) is 1.58. The van der Waals surface area contributed by atoms with Crippen molar-refractivity contribution in [2.45, 2.75) is 13.8 Å². The van der Waals surface area contributed by atoms with Crippen molar-refractivity contribution in [1.29, 1.82) is 0 Å². The minimum absolute atomic E-state index is 0.0948. The molecule has 3 nitrogen and oxygen atoms in total. The Morgan fingerprint density at radius 2 is 1.54 bits per heavy atom. The van der Waals surface area contributed by atoms with Crippen LogP contribution in [0.5, 0.6) is 0 Å². The van der Waals surface area contributed by atoms with Gasteiger partial charge < -0.3 is 0 Å². The average molecular weight is 180 g/mol. The highest BCUT2D eigenvalue weighted by molar-refractivity contribution is 5.97. The molecule has 1 rings (SSSR count). The minimum Gasteiger partial charge on any atom is -0.294 e. The quantitative estimate of drug-likeness (QED) is 0.657. The highest BCUT2D eigenvalue weighted by atomic mass is 16.7. The Hall–Kier alpha value is -1.51. The van der Waals surface area contributed by atoms with Gasteiger partial charge in [-0.25, -0.2) is 0 Å². The van der Waals surface area contributed by atoms with Crippen LogP contribution in [0.4, 0.5) is 0 Å². The number of carbonyl (C=O) groups excluding carboxylic acids is 1. The summed E-state index contributed by atoms with van der Waals surface area (Å²) >= 11 is 0. The van der Waals surface area contributed by atoms with Gasteiger partial charge in [0.15, 0.2) is 5.78 Å². The Bertz CT molecular complexity index is 254. The molecule has 0 fully saturated rings. The molecule has 1 aromatic carbocycles. The van der Waals surface area contributed by atoms with E-state index in [9.17, 15) is 4.79 Å². The molecule has 70 valence electrons. The summed E-state index contributed by atoms with van der Waals surface area (Å²) in [6.07, 6.45) is 0. The van der Waals surface area contributed by atoms with Crippen molar-refractivity contribution in [3.63, 3.8) is 0 Å². The fourth-order valence-corrected chi connectivity index (χ4v) is 0.936. The van der Waals surface area contributed by atoms with Crippen LogP contribution in [-0.2, 0) is 0 Å². The maximum absolute atomic E-state index is 11.3. The van der Waals surface area contributed by atoms with Crippen molar-refractivity contribution >= 4 is 5.78 Å². The molecule has 1 aromatic rings. The summed E-state index contributed by atoms with van der Waals surface area (Å²) in [5.74, 6) is 0.308. The third kappa shape index (κ3) is 3.60. The molecule has 0 atom stereocenters. The van der Waals surface area contributed by atoms with E-state index in [1.165, 1.54) is 0 Å². The monoisotopic (exact) mass is 180 g/mol. The zero-order valence-corrected chi connectivity index (χ0v) is 7.69. The fourth-order valence-electron chi connectivity index (χ4n) is 0.936. The van der Waals surface area contributed by atoms with Gasteiger partial charge in [-0.2, -0.15) is 0 Å². The lowest BCUT2D eigenvalue weighted by Crippen LogP contribution is -2.06. The zero-order valence-electron chi connectivity index (χ0n) is 7.69. The van der Waals surface area contributed by atoms with E-state index in [0.717, 1.165) is 5.56 Å². The Morgan fingerprint density at radius 1 is 1.08 bits per heavy atom. The molecule has 13 heavy (non-hydrogen) atoms. The van der Waals surface area contributed by atoms with E-state index in [-0.39, 0.29) is 11.7 Å². The average Bonchev–Trinajstić information content (AvgIpc) is 2.21. The summed E-state index contributed by atoms with van der Waals surface area (Å²) in [6.45, 7) is 3.82. The number of benzene rings is 1. The molecular formula is C10H12O3. The van der Waals surface area contributed by atoms with E-state index < -0.39 is 0 Å². The van der Waals surface area contributed by atoms with Gasteiger partial charge in [-0.05, 0) is 0 Å². The molecule has 0 saturated carbocycles. The summed E-state index contributed by atoms with van der Waals surface area (Å²) in [4.78, 5) is 25.3. The molecule has 0 saturated heterocycles. The first-order valence-corrected chi connectivity index (χ1v) is 3.97. The molecule has 0 aromatic heterocycles. The van der Waals surface area contributed by atoms with Gasteiger partial charge in [-0.1, -0.05) is 44.2 Å². The van der Waals surface area contributed by atoms with Crippen LogP contribution >= 0.6 is 0 Å². The maximum Gasteiger partial charge on any atom is 0.165 e. The van der Waals surface area contributed by atoms with Crippen molar-refractivity contribution in [2.24, 2.45) is 5.92 Å². The van der Waals surface area contributed by atoms with Gasteiger partial charge in [0.25, 0.3) is 0 Å². The number of hydrogen-bond donors (Lipinski definition) is 0. The Balaban J connectivity index is 0.000000671. The van der Waals surface area contributed by atoms with Crippen LogP contribution in [0.1, 0.15) is 24.2 Å². The van der Waals surface area contributed by atoms with Crippen LogP contribution in [0.25, 0.3) is 0 Å². The first kappa shape index (κ1) is 11.5. The molecule has 0 bridgehead atoms. The standard InChI is InChI=1S/C10H12O.O2/c1-8(2)10(11)9-6-4-3-5-7-9;1-2/h3-8H,1-2H3;. The molecule has 0 aliphatic carbocycles. The van der Waals surface area contributed by atoms with Gasteiger partial charge in [-0.3, -0.25) is 4.79 Å². The van der Waals surface area contributed by atoms with Crippen LogP contribution in [0.15, 0.2) is 30.3 Å². The molecule has 0 N–H and O–H groups in total. The van der Waals surface area contributed by atoms with E-state index in [4.69, 9.17) is 9.93 Å². The van der Waals surface area contributed by atoms with Crippen LogP contribution in [-0.4, -0.2) is 5.78 Å². The van der Waals surface area contributed by atoms with E-state index in [1.807, 2.05) is 44.2 Å². The number of ketones is 1. The van der Waals surface area contributed by atoms with Crippen LogP contribution in [0.2, 0.25) is 0 Å². The molecule has 0 amide bonds. The zero-order chi connectivity index (χ0) is 10.3. The van der Waals surface area contributed by atoms with Crippen molar-refractivity contribution in [2.75, 3.05) is 0 Å². The molecule has 3 heteroatoms. The second-order valence-electron chi connectivity index (χ2n) is 2.88. The van der Waals surface area contributed by atoms with Crippen molar-refractivity contribution in [3.05, 3.63) is 45.8 Å². The lowest BCUT2D eigenvalue weighted by Gasteiger charge is -2.01. The normalized spacial score (nSPS) is 8.85. The van der Waals surface area contributed by atoms with E-state index in [1.54, 1.807) is 0 Å². The third-order valence-corrected chi connectivity index (χ3v) is 1.58. The van der Waals surface area contributed by atoms with Gasteiger partial charge in [0.05, 0.1) is 0 Å². The Kier molecular flexibility index (Phi) is 5.35. The number of rotatable bonds is 2. The van der Waals surface area contributed by atoms with Crippen molar-refractivity contribution in [3.8, 4) is 0 Å². The Morgan fingerprint density at radius 3 is 1.92 bits per heavy atom. The highest BCUT2D eigenvalue weighted by Crippen LogP contribution is 2.06. The molecule has 0 unspecified atom stereocenters. The SMILES string of the molecule is CC(C)C(=O)c1ccccc1.O=O. The van der Waals surface area contributed by atoms with E-state index in [2.05, 4.69) is 0 Å². The molecular weight excluding hydrogens is 168 g/mol. The summed E-state index contributed by atoms with van der Waals surface area (Å²) in [5, 5.41) is 0. The summed E-state index contributed by atoms with van der Waals surface area (Å²) < 4.78 is 0. The summed E-state index contributed by atoms with van der Waals surface area (Å²) in [6, 6.07) is 9.38. The number of carbonyl (C=O) groups is 1. The van der Waals surface area contributed by atoms with E-state index in [0.29, 0.717) is 0 Å². The molecule has 0 spiro atoms. The molecule has 0 aliphatic rings. The van der Waals surface area contributed by atoms with Gasteiger partial charge in [0.1, 0.15) is 0 Å². The second kappa shape index (κ2) is 6.06. The largest absolute Gasteiger partial charge is 0.294 e. The molecule has 0 radical (unpaired) electrons.